The number of phenolic OH excluding ortho intramolecular Hbond substituents is 1. The molecule has 1 aromatic rings. The predicted octanol–water partition coefficient (Wildman–Crippen LogP) is 1.78. The Hall–Kier alpha value is -0.700. The predicted molar refractivity (Wildman–Crippen MR) is 82.4 cm³/mol. The maximum atomic E-state index is 11.4. The molecule has 0 amide bonds. The van der Waals surface area contributed by atoms with Gasteiger partial charge in [-0.05, 0) is 30.2 Å². The number of hydrogen-bond donors (Lipinski definition) is 4. The molecule has 118 valence electrons. The van der Waals surface area contributed by atoms with Crippen LogP contribution in [0, 0.1) is 0 Å². The second-order valence-electron chi connectivity index (χ2n) is 4.05. The number of rotatable bonds is 7. The molecule has 0 spiro atoms. The number of carboxylic acid groups (broad SMARTS) is 1. The van der Waals surface area contributed by atoms with Gasteiger partial charge in [-0.15, -0.1) is 15.8 Å². The van der Waals surface area contributed by atoms with E-state index in [0.29, 0.717) is 26.5 Å². The van der Waals surface area contributed by atoms with Crippen molar-refractivity contribution in [3.63, 3.8) is 0 Å². The highest BCUT2D eigenvalue weighted by atomic mass is 32.2. The van der Waals surface area contributed by atoms with Crippen molar-refractivity contribution in [3.05, 3.63) is 23.8 Å². The summed E-state index contributed by atoms with van der Waals surface area (Å²) in [6.07, 6.45) is 3.09. The summed E-state index contributed by atoms with van der Waals surface area (Å²) in [6.45, 7) is 0. The van der Waals surface area contributed by atoms with Crippen molar-refractivity contribution in [1.82, 2.24) is 4.08 Å². The number of aromatic hydroxyl groups is 1. The molecule has 10 heteroatoms. The number of phenols is 1. The monoisotopic (exact) mass is 353 g/mol. The molecule has 0 saturated heterocycles. The van der Waals surface area contributed by atoms with Gasteiger partial charge in [0.2, 0.25) is 0 Å². The van der Waals surface area contributed by atoms with Gasteiger partial charge in [0.1, 0.15) is 11.8 Å². The van der Waals surface area contributed by atoms with Gasteiger partial charge in [-0.3, -0.25) is 4.79 Å². The molecule has 0 heterocycles. The molecule has 1 unspecified atom stereocenters. The molecular weight excluding hydrogens is 337 g/mol. The van der Waals surface area contributed by atoms with Crippen molar-refractivity contribution < 1.29 is 29.4 Å². The lowest BCUT2D eigenvalue weighted by Gasteiger charge is -2.27. The van der Waals surface area contributed by atoms with E-state index in [1.807, 2.05) is 0 Å². The Kier molecular flexibility index (Phi) is 6.58. The summed E-state index contributed by atoms with van der Waals surface area (Å²) in [5, 5.41) is 18.7. The Morgan fingerprint density at radius 2 is 2.00 bits per heavy atom. The van der Waals surface area contributed by atoms with E-state index >= 15 is 0 Å². The molecule has 0 aromatic heterocycles. The van der Waals surface area contributed by atoms with E-state index in [2.05, 4.69) is 0 Å². The fourth-order valence-electron chi connectivity index (χ4n) is 1.79. The Bertz CT molecular complexity index is 564. The van der Waals surface area contributed by atoms with Gasteiger partial charge in [0, 0.05) is 11.3 Å². The topological polar surface area (TPSA) is 118 Å². The molecule has 0 aliphatic rings. The number of benzene rings is 1. The lowest BCUT2D eigenvalue weighted by atomic mass is 10.1. The van der Waals surface area contributed by atoms with E-state index in [9.17, 15) is 29.4 Å². The van der Waals surface area contributed by atoms with Crippen molar-refractivity contribution >= 4 is 37.4 Å². The molecule has 0 aliphatic heterocycles. The van der Waals surface area contributed by atoms with Crippen molar-refractivity contribution in [3.8, 4) is 5.75 Å². The Balaban J connectivity index is 3.15. The van der Waals surface area contributed by atoms with Crippen LogP contribution in [0.5, 0.6) is 5.75 Å². The second kappa shape index (κ2) is 7.53. The highest BCUT2D eigenvalue weighted by Crippen LogP contribution is 2.47. The average Bonchev–Trinajstić information content (AvgIpc) is 2.38. The first kappa shape index (κ1) is 18.3. The first-order valence-electron chi connectivity index (χ1n) is 5.68. The van der Waals surface area contributed by atoms with Crippen LogP contribution in [0.15, 0.2) is 23.1 Å². The molecule has 1 atom stereocenters. The molecule has 0 aliphatic carbocycles. The third-order valence-corrected chi connectivity index (χ3v) is 6.05. The van der Waals surface area contributed by atoms with Gasteiger partial charge in [-0.2, -0.15) is 0 Å². The highest BCUT2D eigenvalue weighted by molar-refractivity contribution is 8.00. The molecule has 7 nitrogen and oxygen atoms in total. The smallest absolute Gasteiger partial charge is 0.413 e. The maximum Gasteiger partial charge on any atom is 0.413 e. The van der Waals surface area contributed by atoms with Gasteiger partial charge in [-0.1, -0.05) is 18.0 Å². The van der Waals surface area contributed by atoms with Crippen LogP contribution >= 0.6 is 31.5 Å². The molecule has 21 heavy (non-hydrogen) atoms. The Labute approximate surface area is 130 Å². The van der Waals surface area contributed by atoms with Crippen LogP contribution in [0.4, 0.5) is 0 Å². The number of thioether (sulfide) groups is 1. The number of carboxylic acids is 1. The minimum Gasteiger partial charge on any atom is -0.508 e. The van der Waals surface area contributed by atoms with Gasteiger partial charge >= 0.3 is 13.7 Å². The average molecular weight is 353 g/mol. The van der Waals surface area contributed by atoms with Crippen molar-refractivity contribution in [2.75, 3.05) is 12.5 Å². The Morgan fingerprint density at radius 3 is 2.43 bits per heavy atom. The zero-order valence-corrected chi connectivity index (χ0v) is 13.9. The van der Waals surface area contributed by atoms with Gasteiger partial charge < -0.3 is 20.0 Å². The second-order valence-corrected chi connectivity index (χ2v) is 7.39. The molecule has 0 radical (unpaired) electrons. The lowest BCUT2D eigenvalue weighted by molar-refractivity contribution is -0.140. The fourth-order valence-corrected chi connectivity index (χ4v) is 4.25. The van der Waals surface area contributed by atoms with E-state index in [0.717, 1.165) is 0 Å². The lowest BCUT2D eigenvalue weighted by Crippen LogP contribution is -2.36. The third-order valence-electron chi connectivity index (χ3n) is 2.68. The highest BCUT2D eigenvalue weighted by Gasteiger charge is 2.37. The fraction of sp³-hybridized carbons (Fsp3) is 0.364. The van der Waals surface area contributed by atoms with E-state index < -0.39 is 19.8 Å². The zero-order valence-electron chi connectivity index (χ0n) is 11.3. The summed E-state index contributed by atoms with van der Waals surface area (Å²) < 4.78 is 12.0. The Morgan fingerprint density at radius 1 is 1.38 bits per heavy atom. The summed E-state index contributed by atoms with van der Waals surface area (Å²) >= 11 is 2.00. The van der Waals surface area contributed by atoms with Crippen molar-refractivity contribution in [2.45, 2.75) is 17.4 Å². The number of aliphatic carboxylic acids is 1. The summed E-state index contributed by atoms with van der Waals surface area (Å²) in [4.78, 5) is 30.5. The number of hydrogen-bond acceptors (Lipinski definition) is 5. The van der Waals surface area contributed by atoms with E-state index in [4.69, 9.17) is 0 Å². The zero-order chi connectivity index (χ0) is 16.2. The first-order valence-corrected chi connectivity index (χ1v) is 9.66. The molecular formula is C11H16NO6PS2. The van der Waals surface area contributed by atoms with Crippen molar-refractivity contribution in [1.29, 1.82) is 0 Å². The van der Waals surface area contributed by atoms with Gasteiger partial charge in [0.25, 0.3) is 0 Å². The van der Waals surface area contributed by atoms with Crippen LogP contribution in [0.2, 0.25) is 0 Å². The van der Waals surface area contributed by atoms with Crippen LogP contribution in [0.1, 0.15) is 5.56 Å². The third kappa shape index (κ3) is 4.91. The van der Waals surface area contributed by atoms with Gasteiger partial charge in [-0.25, -0.2) is 4.57 Å². The minimum atomic E-state index is -4.70. The summed E-state index contributed by atoms with van der Waals surface area (Å²) in [5.74, 6) is -1.28. The number of carbonyl (C=O) groups is 1. The van der Waals surface area contributed by atoms with Crippen LogP contribution in [-0.4, -0.2) is 48.6 Å². The maximum absolute atomic E-state index is 11.4. The van der Waals surface area contributed by atoms with E-state index in [1.54, 1.807) is 12.3 Å². The quantitative estimate of drug-likeness (QED) is 0.330. The van der Waals surface area contributed by atoms with E-state index in [-0.39, 0.29) is 12.2 Å². The van der Waals surface area contributed by atoms with Gasteiger partial charge in [0.15, 0.2) is 0 Å². The molecule has 0 fully saturated rings. The number of nitrogens with zero attached hydrogens (tertiary/aromatic N) is 1. The molecule has 0 bridgehead atoms. The minimum absolute atomic E-state index is 0.0479. The normalized spacial score (nSPS) is 13.4. The summed E-state index contributed by atoms with van der Waals surface area (Å²) in [6, 6.07) is 3.07. The SMILES string of the molecule is CSc1cc(O)ccc1CC(C(=O)O)N(SC)P(=O)(O)O. The van der Waals surface area contributed by atoms with Crippen LogP contribution in [0.3, 0.4) is 0 Å². The molecule has 1 aromatic carbocycles. The van der Waals surface area contributed by atoms with Crippen molar-refractivity contribution in [2.24, 2.45) is 0 Å². The summed E-state index contributed by atoms with van der Waals surface area (Å²) in [7, 11) is -4.70. The molecule has 0 saturated carbocycles. The summed E-state index contributed by atoms with van der Waals surface area (Å²) in [5.41, 5.74) is 0.597. The van der Waals surface area contributed by atoms with Gasteiger partial charge in [0.05, 0.1) is 0 Å². The molecule has 4 N–H and O–H groups in total. The van der Waals surface area contributed by atoms with E-state index in [1.165, 1.54) is 30.2 Å². The standard InChI is InChI=1S/C11H16NO6PS2/c1-20-10-6-8(13)4-3-7(10)5-9(11(14)15)12(21-2)19(16,17)18/h3-4,6,9,13H,5H2,1-2H3,(H,14,15)(H2,16,17,18). The van der Waals surface area contributed by atoms with Crippen LogP contribution < -0.4 is 0 Å². The van der Waals surface area contributed by atoms with Crippen LogP contribution in [-0.2, 0) is 15.8 Å². The molecule has 1 rings (SSSR count). The van der Waals surface area contributed by atoms with Crippen LogP contribution in [0.25, 0.3) is 0 Å². The largest absolute Gasteiger partial charge is 0.508 e. The first-order chi connectivity index (χ1) is 9.70.